The Morgan fingerprint density at radius 1 is 1.06 bits per heavy atom. The van der Waals surface area contributed by atoms with Gasteiger partial charge in [0.15, 0.2) is 0 Å². The van der Waals surface area contributed by atoms with E-state index in [1.165, 1.54) is 23.5 Å². The van der Waals surface area contributed by atoms with Crippen LogP contribution in [0.1, 0.15) is 10.5 Å². The van der Waals surface area contributed by atoms with Crippen LogP contribution in [0.25, 0.3) is 10.6 Å². The van der Waals surface area contributed by atoms with Crippen molar-refractivity contribution >= 4 is 40.2 Å². The molecule has 0 bridgehead atoms. The van der Waals surface area contributed by atoms with Crippen LogP contribution in [0.5, 0.6) is 5.75 Å². The Morgan fingerprint density at radius 3 is 2.42 bits per heavy atom. The number of nitrogens with one attached hydrogen (secondary N) is 1. The summed E-state index contributed by atoms with van der Waals surface area (Å²) >= 11 is 3.01. The summed E-state index contributed by atoms with van der Waals surface area (Å²) in [7, 11) is 0. The van der Waals surface area contributed by atoms with Gasteiger partial charge in [-0.05, 0) is 35.7 Å². The molecule has 1 saturated heterocycles. The Balaban J connectivity index is 1.23. The molecule has 174 valence electrons. The van der Waals surface area contributed by atoms with Crippen molar-refractivity contribution in [3.05, 3.63) is 52.2 Å². The van der Waals surface area contributed by atoms with E-state index < -0.39 is 6.36 Å². The molecule has 3 aromatic rings. The van der Waals surface area contributed by atoms with Crippen molar-refractivity contribution in [1.82, 2.24) is 14.8 Å². The van der Waals surface area contributed by atoms with Crippen LogP contribution in [0.3, 0.4) is 0 Å². The summed E-state index contributed by atoms with van der Waals surface area (Å²) in [5, 5.41) is 9.18. The minimum Gasteiger partial charge on any atom is -0.406 e. The van der Waals surface area contributed by atoms with E-state index in [2.05, 4.69) is 15.0 Å². The number of rotatable bonds is 6. The first-order valence-electron chi connectivity index (χ1n) is 9.92. The molecule has 0 radical (unpaired) electrons. The van der Waals surface area contributed by atoms with E-state index in [-0.39, 0.29) is 24.1 Å². The Labute approximate surface area is 195 Å². The van der Waals surface area contributed by atoms with Crippen LogP contribution >= 0.6 is 22.7 Å². The van der Waals surface area contributed by atoms with Gasteiger partial charge in [0.05, 0.1) is 6.54 Å². The van der Waals surface area contributed by atoms with Crippen LogP contribution in [0, 0.1) is 0 Å². The molecule has 1 fully saturated rings. The summed E-state index contributed by atoms with van der Waals surface area (Å²) in [5.41, 5.74) is 1.79. The second-order valence-corrected chi connectivity index (χ2v) is 8.88. The number of halogens is 3. The average Bonchev–Trinajstić information content (AvgIpc) is 3.46. The van der Waals surface area contributed by atoms with Gasteiger partial charge >= 0.3 is 6.36 Å². The van der Waals surface area contributed by atoms with Crippen LogP contribution in [0.4, 0.5) is 18.9 Å². The van der Waals surface area contributed by atoms with E-state index in [0.717, 1.165) is 22.7 Å². The quantitative estimate of drug-likeness (QED) is 0.555. The van der Waals surface area contributed by atoms with Crippen LogP contribution in [0.2, 0.25) is 0 Å². The monoisotopic (exact) mass is 496 g/mol. The van der Waals surface area contributed by atoms with Gasteiger partial charge in [-0.3, -0.25) is 14.5 Å². The maximum Gasteiger partial charge on any atom is 0.573 e. The van der Waals surface area contributed by atoms with Crippen LogP contribution in [0.15, 0.2) is 46.5 Å². The van der Waals surface area contributed by atoms with Gasteiger partial charge in [-0.1, -0.05) is 0 Å². The van der Waals surface area contributed by atoms with Crippen molar-refractivity contribution in [1.29, 1.82) is 0 Å². The highest BCUT2D eigenvalue weighted by Crippen LogP contribution is 2.26. The maximum atomic E-state index is 12.8. The first-order chi connectivity index (χ1) is 15.8. The SMILES string of the molecule is O=C(CN1CCN(C(=O)c2csc(-c3ccsc3)n2)CC1)Nc1ccc(OC(F)(F)F)cc1. The number of piperazine rings is 1. The van der Waals surface area contributed by atoms with Crippen LogP contribution < -0.4 is 10.1 Å². The third-order valence-electron chi connectivity index (χ3n) is 4.89. The van der Waals surface area contributed by atoms with Gasteiger partial charge in [-0.2, -0.15) is 11.3 Å². The van der Waals surface area contributed by atoms with Crippen molar-refractivity contribution < 1.29 is 27.5 Å². The third-order valence-corrected chi connectivity index (χ3v) is 6.46. The molecule has 4 rings (SSSR count). The summed E-state index contributed by atoms with van der Waals surface area (Å²) in [6, 6.07) is 6.92. The first-order valence-corrected chi connectivity index (χ1v) is 11.7. The predicted molar refractivity (Wildman–Crippen MR) is 120 cm³/mol. The van der Waals surface area contributed by atoms with Gasteiger partial charge in [0.2, 0.25) is 5.91 Å². The minimum atomic E-state index is -4.76. The van der Waals surface area contributed by atoms with Gasteiger partial charge in [-0.15, -0.1) is 24.5 Å². The maximum absolute atomic E-state index is 12.8. The molecule has 33 heavy (non-hydrogen) atoms. The first kappa shape index (κ1) is 23.2. The highest BCUT2D eigenvalue weighted by atomic mass is 32.1. The molecule has 1 N–H and O–H groups in total. The molecular formula is C21H19F3N4O3S2. The van der Waals surface area contributed by atoms with E-state index in [1.807, 2.05) is 21.7 Å². The van der Waals surface area contributed by atoms with E-state index in [4.69, 9.17) is 0 Å². The van der Waals surface area contributed by atoms with Crippen LogP contribution in [-0.4, -0.2) is 65.7 Å². The molecule has 2 amide bonds. The number of carbonyl (C=O) groups excluding carboxylic acids is 2. The van der Waals surface area contributed by atoms with Crippen molar-refractivity contribution in [2.24, 2.45) is 0 Å². The summed E-state index contributed by atoms with van der Waals surface area (Å²) in [4.78, 5) is 33.1. The largest absolute Gasteiger partial charge is 0.573 e. The molecule has 0 atom stereocenters. The summed E-state index contributed by atoms with van der Waals surface area (Å²) in [5.74, 6) is -0.777. The van der Waals surface area contributed by atoms with E-state index >= 15 is 0 Å². The molecule has 1 aliphatic heterocycles. The number of benzene rings is 1. The molecular weight excluding hydrogens is 477 g/mol. The molecule has 1 aromatic carbocycles. The molecule has 2 aromatic heterocycles. The number of amides is 2. The van der Waals surface area contributed by atoms with Gasteiger partial charge in [0, 0.05) is 48.2 Å². The Hall–Kier alpha value is -2.96. The van der Waals surface area contributed by atoms with Gasteiger partial charge < -0.3 is 15.0 Å². The average molecular weight is 497 g/mol. The van der Waals surface area contributed by atoms with Crippen molar-refractivity contribution in [3.63, 3.8) is 0 Å². The standard InChI is InChI=1S/C21H19F3N4O3S2/c22-21(23,24)31-16-3-1-15(2-4-16)25-18(29)11-27-6-8-28(9-7-27)20(30)17-13-33-19(26-17)14-5-10-32-12-14/h1-5,10,12-13H,6-9,11H2,(H,25,29). The van der Waals surface area contributed by atoms with Crippen LogP contribution in [-0.2, 0) is 4.79 Å². The smallest absolute Gasteiger partial charge is 0.406 e. The molecule has 3 heterocycles. The fourth-order valence-corrected chi connectivity index (χ4v) is 4.81. The summed E-state index contributed by atoms with van der Waals surface area (Å²) in [6.45, 7) is 2.11. The second kappa shape index (κ2) is 9.89. The number of hydrogen-bond donors (Lipinski definition) is 1. The van der Waals surface area contributed by atoms with Gasteiger partial charge in [0.25, 0.3) is 5.91 Å². The number of alkyl halides is 3. The van der Waals surface area contributed by atoms with Gasteiger partial charge in [0.1, 0.15) is 16.5 Å². The third kappa shape index (κ3) is 6.30. The van der Waals surface area contributed by atoms with Gasteiger partial charge in [-0.25, -0.2) is 4.98 Å². The second-order valence-electron chi connectivity index (χ2n) is 7.24. The number of thiophene rings is 1. The fraction of sp³-hybridized carbons (Fsp3) is 0.286. The molecule has 0 saturated carbocycles. The zero-order valence-electron chi connectivity index (χ0n) is 17.2. The zero-order valence-corrected chi connectivity index (χ0v) is 18.8. The molecule has 1 aliphatic rings. The minimum absolute atomic E-state index is 0.113. The van der Waals surface area contributed by atoms with E-state index in [1.54, 1.807) is 21.6 Å². The molecule has 12 heteroatoms. The normalized spacial score (nSPS) is 14.8. The lowest BCUT2D eigenvalue weighted by atomic mass is 10.2. The Bertz CT molecular complexity index is 1090. The summed E-state index contributed by atoms with van der Waals surface area (Å²) in [6.07, 6.45) is -4.76. The lowest BCUT2D eigenvalue weighted by Crippen LogP contribution is -2.50. The highest BCUT2D eigenvalue weighted by molar-refractivity contribution is 7.14. The predicted octanol–water partition coefficient (Wildman–Crippen LogP) is 4.17. The van der Waals surface area contributed by atoms with Crippen molar-refractivity contribution in [2.45, 2.75) is 6.36 Å². The lowest BCUT2D eigenvalue weighted by molar-refractivity contribution is -0.274. The number of thiazole rings is 1. The molecule has 0 spiro atoms. The van der Waals surface area contributed by atoms with E-state index in [9.17, 15) is 22.8 Å². The zero-order chi connectivity index (χ0) is 23.4. The van der Waals surface area contributed by atoms with Crippen molar-refractivity contribution in [3.8, 4) is 16.3 Å². The number of nitrogens with zero attached hydrogens (tertiary/aromatic N) is 3. The number of aromatic nitrogens is 1. The molecule has 7 nitrogen and oxygen atoms in total. The summed E-state index contributed by atoms with van der Waals surface area (Å²) < 4.78 is 40.5. The number of hydrogen-bond acceptors (Lipinski definition) is 7. The molecule has 0 unspecified atom stereocenters. The number of carbonyl (C=O) groups is 2. The van der Waals surface area contributed by atoms with E-state index in [0.29, 0.717) is 37.6 Å². The topological polar surface area (TPSA) is 74.8 Å². The Morgan fingerprint density at radius 2 is 1.79 bits per heavy atom. The van der Waals surface area contributed by atoms with Crippen molar-refractivity contribution in [2.75, 3.05) is 38.0 Å². The lowest BCUT2D eigenvalue weighted by Gasteiger charge is -2.33. The fourth-order valence-electron chi connectivity index (χ4n) is 3.31. The number of anilines is 1. The Kier molecular flexibility index (Phi) is 6.96. The molecule has 0 aliphatic carbocycles. The number of ether oxygens (including phenoxy) is 1. The highest BCUT2D eigenvalue weighted by Gasteiger charge is 2.31.